The van der Waals surface area contributed by atoms with Crippen LogP contribution in [0.5, 0.6) is 5.75 Å². The highest BCUT2D eigenvalue weighted by Crippen LogP contribution is 2.33. The lowest BCUT2D eigenvalue weighted by molar-refractivity contribution is 0.419. The number of hydrogen-bond acceptors (Lipinski definition) is 2. The molecule has 2 atom stereocenters. The third kappa shape index (κ3) is 2.20. The maximum Gasteiger partial charge on any atom is 0.138 e. The molecule has 0 heterocycles. The van der Waals surface area contributed by atoms with Crippen LogP contribution in [0.25, 0.3) is 0 Å². The van der Waals surface area contributed by atoms with Gasteiger partial charge in [0.1, 0.15) is 5.75 Å². The van der Waals surface area contributed by atoms with Gasteiger partial charge in [0.2, 0.25) is 0 Å². The average Bonchev–Trinajstić information content (AvgIpc) is 2.20. The van der Waals surface area contributed by atoms with E-state index >= 15 is 0 Å². The molecule has 0 saturated heterocycles. The number of rotatable bonds is 3. The van der Waals surface area contributed by atoms with Crippen molar-refractivity contribution in [3.05, 3.63) is 28.8 Å². The van der Waals surface area contributed by atoms with E-state index in [9.17, 15) is 5.11 Å². The molecule has 0 aromatic heterocycles. The molecule has 0 aliphatic rings. The van der Waals surface area contributed by atoms with Crippen molar-refractivity contribution in [2.75, 3.05) is 0 Å². The van der Waals surface area contributed by atoms with Gasteiger partial charge in [-0.05, 0) is 12.0 Å². The largest absolute Gasteiger partial charge is 0.506 e. The minimum Gasteiger partial charge on any atom is -0.506 e. The van der Waals surface area contributed by atoms with Gasteiger partial charge in [-0.15, -0.1) is 0 Å². The first-order valence-corrected chi connectivity index (χ1v) is 5.18. The van der Waals surface area contributed by atoms with Gasteiger partial charge in [-0.3, -0.25) is 0 Å². The summed E-state index contributed by atoms with van der Waals surface area (Å²) in [7, 11) is 0. The SMILES string of the molecule is CCC(C)[C@H](N)c1cccc(Cl)c1O. The minimum atomic E-state index is -0.154. The van der Waals surface area contributed by atoms with Crippen LogP contribution in [0, 0.1) is 5.92 Å². The Morgan fingerprint density at radius 3 is 2.71 bits per heavy atom. The average molecular weight is 214 g/mol. The topological polar surface area (TPSA) is 46.2 Å². The normalized spacial score (nSPS) is 15.1. The molecule has 0 saturated carbocycles. The number of phenols is 1. The Bertz CT molecular complexity index is 314. The van der Waals surface area contributed by atoms with Crippen molar-refractivity contribution in [1.82, 2.24) is 0 Å². The summed E-state index contributed by atoms with van der Waals surface area (Å²) in [5, 5.41) is 10.1. The predicted octanol–water partition coefficient (Wildman–Crippen LogP) is 3.09. The Morgan fingerprint density at radius 1 is 1.50 bits per heavy atom. The molecule has 14 heavy (non-hydrogen) atoms. The lowest BCUT2D eigenvalue weighted by Crippen LogP contribution is -2.18. The van der Waals surface area contributed by atoms with Crippen LogP contribution in [0.2, 0.25) is 5.02 Å². The Labute approximate surface area is 89.7 Å². The van der Waals surface area contributed by atoms with E-state index < -0.39 is 0 Å². The zero-order chi connectivity index (χ0) is 10.7. The van der Waals surface area contributed by atoms with Crippen molar-refractivity contribution < 1.29 is 5.11 Å². The highest BCUT2D eigenvalue weighted by atomic mass is 35.5. The summed E-state index contributed by atoms with van der Waals surface area (Å²) >= 11 is 5.80. The molecular formula is C11H16ClNO. The molecule has 78 valence electrons. The summed E-state index contributed by atoms with van der Waals surface area (Å²) in [5.41, 5.74) is 6.73. The van der Waals surface area contributed by atoms with Gasteiger partial charge in [0.05, 0.1) is 5.02 Å². The third-order valence-electron chi connectivity index (χ3n) is 2.63. The molecule has 0 aliphatic heterocycles. The molecule has 0 amide bonds. The lowest BCUT2D eigenvalue weighted by atomic mass is 9.93. The van der Waals surface area contributed by atoms with Crippen LogP contribution in [0.4, 0.5) is 0 Å². The molecule has 1 rings (SSSR count). The van der Waals surface area contributed by atoms with Crippen molar-refractivity contribution >= 4 is 11.6 Å². The first-order chi connectivity index (χ1) is 6.57. The Morgan fingerprint density at radius 2 is 2.14 bits per heavy atom. The number of nitrogens with two attached hydrogens (primary N) is 1. The summed E-state index contributed by atoms with van der Waals surface area (Å²) in [6, 6.07) is 5.13. The molecule has 3 heteroatoms. The van der Waals surface area contributed by atoms with Crippen LogP contribution >= 0.6 is 11.6 Å². The number of halogens is 1. The summed E-state index contributed by atoms with van der Waals surface area (Å²) in [6.45, 7) is 4.14. The van der Waals surface area contributed by atoms with E-state index in [0.717, 1.165) is 12.0 Å². The first-order valence-electron chi connectivity index (χ1n) is 4.80. The molecule has 1 aromatic rings. The molecule has 0 fully saturated rings. The van der Waals surface area contributed by atoms with E-state index in [1.54, 1.807) is 12.1 Å². The van der Waals surface area contributed by atoms with Crippen LogP contribution < -0.4 is 5.73 Å². The van der Waals surface area contributed by atoms with Crippen LogP contribution in [-0.4, -0.2) is 5.11 Å². The van der Waals surface area contributed by atoms with Gasteiger partial charge in [-0.25, -0.2) is 0 Å². The van der Waals surface area contributed by atoms with E-state index in [1.165, 1.54) is 0 Å². The fourth-order valence-corrected chi connectivity index (χ4v) is 1.54. The molecule has 1 aromatic carbocycles. The summed E-state index contributed by atoms with van der Waals surface area (Å²) < 4.78 is 0. The van der Waals surface area contributed by atoms with Crippen LogP contribution in [-0.2, 0) is 0 Å². The van der Waals surface area contributed by atoms with Crippen molar-refractivity contribution in [1.29, 1.82) is 0 Å². The van der Waals surface area contributed by atoms with Crippen LogP contribution in [0.15, 0.2) is 18.2 Å². The van der Waals surface area contributed by atoms with E-state index in [2.05, 4.69) is 13.8 Å². The number of hydrogen-bond donors (Lipinski definition) is 2. The second kappa shape index (κ2) is 4.67. The number of aromatic hydroxyl groups is 1. The third-order valence-corrected chi connectivity index (χ3v) is 2.94. The summed E-state index contributed by atoms with van der Waals surface area (Å²) in [5.74, 6) is 0.446. The predicted molar refractivity (Wildman–Crippen MR) is 59.5 cm³/mol. The zero-order valence-corrected chi connectivity index (χ0v) is 9.25. The fraction of sp³-hybridized carbons (Fsp3) is 0.455. The van der Waals surface area contributed by atoms with E-state index in [4.69, 9.17) is 17.3 Å². The molecule has 2 nitrogen and oxygen atoms in total. The van der Waals surface area contributed by atoms with Crippen molar-refractivity contribution in [3.8, 4) is 5.75 Å². The van der Waals surface area contributed by atoms with E-state index in [-0.39, 0.29) is 11.8 Å². The maximum atomic E-state index is 9.70. The van der Waals surface area contributed by atoms with Gasteiger partial charge in [0.25, 0.3) is 0 Å². The first kappa shape index (κ1) is 11.3. The Hall–Kier alpha value is -0.730. The molecule has 0 bridgehead atoms. The summed E-state index contributed by atoms with van der Waals surface area (Å²) in [6.07, 6.45) is 0.979. The van der Waals surface area contributed by atoms with E-state index in [0.29, 0.717) is 10.9 Å². The number of benzene rings is 1. The molecule has 0 aliphatic carbocycles. The molecule has 0 spiro atoms. The highest BCUT2D eigenvalue weighted by molar-refractivity contribution is 6.32. The van der Waals surface area contributed by atoms with Crippen molar-refractivity contribution in [3.63, 3.8) is 0 Å². The standard InChI is InChI=1S/C11H16ClNO/c1-3-7(2)10(13)8-5-4-6-9(12)11(8)14/h4-7,10,14H,3,13H2,1-2H3/t7?,10-/m0/s1. The fourth-order valence-electron chi connectivity index (χ4n) is 1.36. The van der Waals surface area contributed by atoms with E-state index in [1.807, 2.05) is 6.07 Å². The quantitative estimate of drug-likeness (QED) is 0.811. The smallest absolute Gasteiger partial charge is 0.138 e. The molecule has 1 unspecified atom stereocenters. The lowest BCUT2D eigenvalue weighted by Gasteiger charge is -2.19. The van der Waals surface area contributed by atoms with Crippen molar-refractivity contribution in [2.45, 2.75) is 26.3 Å². The van der Waals surface area contributed by atoms with Gasteiger partial charge in [-0.2, -0.15) is 0 Å². The monoisotopic (exact) mass is 213 g/mol. The van der Waals surface area contributed by atoms with Crippen molar-refractivity contribution in [2.24, 2.45) is 11.7 Å². The molecule has 0 radical (unpaired) electrons. The van der Waals surface area contributed by atoms with Gasteiger partial charge in [0.15, 0.2) is 0 Å². The Kier molecular flexibility index (Phi) is 3.78. The second-order valence-electron chi connectivity index (χ2n) is 3.59. The Balaban J connectivity index is 3.01. The second-order valence-corrected chi connectivity index (χ2v) is 4.00. The van der Waals surface area contributed by atoms with Gasteiger partial charge >= 0.3 is 0 Å². The number of phenolic OH excluding ortho intramolecular Hbond substituents is 1. The summed E-state index contributed by atoms with van der Waals surface area (Å²) in [4.78, 5) is 0. The number of para-hydroxylation sites is 1. The van der Waals surface area contributed by atoms with Gasteiger partial charge in [0, 0.05) is 11.6 Å². The molecular weight excluding hydrogens is 198 g/mol. The minimum absolute atomic E-state index is 0.113. The maximum absolute atomic E-state index is 9.70. The van der Waals surface area contributed by atoms with Gasteiger partial charge < -0.3 is 10.8 Å². The van der Waals surface area contributed by atoms with Crippen LogP contribution in [0.1, 0.15) is 31.9 Å². The molecule has 3 N–H and O–H groups in total. The van der Waals surface area contributed by atoms with Crippen LogP contribution in [0.3, 0.4) is 0 Å². The zero-order valence-electron chi connectivity index (χ0n) is 8.50. The van der Waals surface area contributed by atoms with Gasteiger partial charge in [-0.1, -0.05) is 44.0 Å². The highest BCUT2D eigenvalue weighted by Gasteiger charge is 2.17.